The highest BCUT2D eigenvalue weighted by molar-refractivity contribution is 14.1. The zero-order valence-electron chi connectivity index (χ0n) is 10.1. The van der Waals surface area contributed by atoms with E-state index in [1.807, 2.05) is 18.2 Å². The van der Waals surface area contributed by atoms with Crippen LogP contribution in [0.3, 0.4) is 0 Å². The minimum atomic E-state index is -0.822. The van der Waals surface area contributed by atoms with E-state index >= 15 is 0 Å². The van der Waals surface area contributed by atoms with E-state index in [1.54, 1.807) is 0 Å². The predicted molar refractivity (Wildman–Crippen MR) is 81.2 cm³/mol. The normalized spacial score (nSPS) is 11.3. The van der Waals surface area contributed by atoms with Crippen molar-refractivity contribution in [3.8, 4) is 0 Å². The average molecular weight is 376 g/mol. The van der Waals surface area contributed by atoms with Gasteiger partial charge in [-0.15, -0.1) is 0 Å². The Kier molecular flexibility index (Phi) is 4.16. The SMILES string of the molecule is CC(C)n1c(SCC(=O)O)nc2cc(I)ccc21. The second-order valence-electron chi connectivity index (χ2n) is 4.17. The number of carboxylic acids is 1. The molecule has 96 valence electrons. The van der Waals surface area contributed by atoms with Crippen LogP contribution in [0.15, 0.2) is 23.4 Å². The number of hydrogen-bond donors (Lipinski definition) is 1. The van der Waals surface area contributed by atoms with Crippen LogP contribution in [0.2, 0.25) is 0 Å². The summed E-state index contributed by atoms with van der Waals surface area (Å²) < 4.78 is 3.21. The summed E-state index contributed by atoms with van der Waals surface area (Å²) in [5, 5.41) is 9.53. The van der Waals surface area contributed by atoms with Crippen molar-refractivity contribution in [3.63, 3.8) is 0 Å². The lowest BCUT2D eigenvalue weighted by molar-refractivity contribution is -0.133. The van der Waals surface area contributed by atoms with E-state index in [0.717, 1.165) is 19.8 Å². The first kappa shape index (κ1) is 13.7. The van der Waals surface area contributed by atoms with E-state index < -0.39 is 5.97 Å². The van der Waals surface area contributed by atoms with Gasteiger partial charge in [-0.25, -0.2) is 4.98 Å². The van der Waals surface area contributed by atoms with E-state index in [2.05, 4.69) is 46.0 Å². The summed E-state index contributed by atoms with van der Waals surface area (Å²) in [6, 6.07) is 6.34. The van der Waals surface area contributed by atoms with E-state index in [9.17, 15) is 4.79 Å². The molecule has 2 aromatic rings. The van der Waals surface area contributed by atoms with Crippen molar-refractivity contribution in [3.05, 3.63) is 21.8 Å². The van der Waals surface area contributed by atoms with Crippen molar-refractivity contribution in [2.24, 2.45) is 0 Å². The molecule has 0 aliphatic rings. The Morgan fingerprint density at radius 2 is 2.28 bits per heavy atom. The van der Waals surface area contributed by atoms with Gasteiger partial charge in [-0.2, -0.15) is 0 Å². The van der Waals surface area contributed by atoms with Crippen LogP contribution in [-0.4, -0.2) is 26.4 Å². The van der Waals surface area contributed by atoms with E-state index in [-0.39, 0.29) is 11.8 Å². The number of carbonyl (C=O) groups is 1. The van der Waals surface area contributed by atoms with E-state index in [0.29, 0.717) is 0 Å². The number of aliphatic carboxylic acids is 1. The van der Waals surface area contributed by atoms with Crippen molar-refractivity contribution in [1.29, 1.82) is 0 Å². The Morgan fingerprint density at radius 1 is 1.56 bits per heavy atom. The van der Waals surface area contributed by atoms with Crippen LogP contribution in [0.5, 0.6) is 0 Å². The van der Waals surface area contributed by atoms with Crippen LogP contribution in [0.1, 0.15) is 19.9 Å². The molecule has 0 saturated carbocycles. The third-order valence-corrected chi connectivity index (χ3v) is 4.07. The molecule has 4 nitrogen and oxygen atoms in total. The largest absolute Gasteiger partial charge is 0.481 e. The number of thioether (sulfide) groups is 1. The molecule has 0 aliphatic heterocycles. The molecule has 2 rings (SSSR count). The molecule has 0 atom stereocenters. The molecule has 0 amide bonds. The van der Waals surface area contributed by atoms with Crippen LogP contribution in [0, 0.1) is 3.57 Å². The number of rotatable bonds is 4. The number of carboxylic acid groups (broad SMARTS) is 1. The second-order valence-corrected chi connectivity index (χ2v) is 6.36. The third-order valence-electron chi connectivity index (χ3n) is 2.46. The smallest absolute Gasteiger partial charge is 0.313 e. The number of benzene rings is 1. The first-order chi connectivity index (χ1) is 8.49. The van der Waals surface area contributed by atoms with Crippen LogP contribution in [0.25, 0.3) is 11.0 Å². The molecule has 0 spiro atoms. The molecule has 0 unspecified atom stereocenters. The molecule has 1 aromatic carbocycles. The van der Waals surface area contributed by atoms with Gasteiger partial charge in [0.2, 0.25) is 0 Å². The topological polar surface area (TPSA) is 55.1 Å². The molecule has 0 radical (unpaired) electrons. The Labute approximate surface area is 123 Å². The molecule has 1 aromatic heterocycles. The maximum atomic E-state index is 10.7. The van der Waals surface area contributed by atoms with Crippen LogP contribution >= 0.6 is 34.4 Å². The van der Waals surface area contributed by atoms with Crippen molar-refractivity contribution in [2.45, 2.75) is 25.0 Å². The quantitative estimate of drug-likeness (QED) is 0.657. The number of hydrogen-bond acceptors (Lipinski definition) is 3. The summed E-state index contributed by atoms with van der Waals surface area (Å²) in [5.74, 6) is -0.787. The molecule has 0 aliphatic carbocycles. The first-order valence-corrected chi connectivity index (χ1v) is 7.57. The number of imidazole rings is 1. The van der Waals surface area contributed by atoms with Gasteiger partial charge < -0.3 is 9.67 Å². The Balaban J connectivity index is 2.50. The molecular weight excluding hydrogens is 363 g/mol. The minimum Gasteiger partial charge on any atom is -0.481 e. The number of aromatic nitrogens is 2. The van der Waals surface area contributed by atoms with Gasteiger partial charge in [-0.3, -0.25) is 4.79 Å². The first-order valence-electron chi connectivity index (χ1n) is 5.51. The predicted octanol–water partition coefficient (Wildman–Crippen LogP) is 3.40. The highest BCUT2D eigenvalue weighted by Crippen LogP contribution is 2.28. The average Bonchev–Trinajstić information content (AvgIpc) is 2.63. The van der Waals surface area contributed by atoms with Crippen molar-refractivity contribution in [1.82, 2.24) is 9.55 Å². The van der Waals surface area contributed by atoms with Crippen LogP contribution in [-0.2, 0) is 4.79 Å². The van der Waals surface area contributed by atoms with E-state index in [4.69, 9.17) is 5.11 Å². The van der Waals surface area contributed by atoms with Gasteiger partial charge in [0.25, 0.3) is 0 Å². The Hall–Kier alpha value is -0.760. The third kappa shape index (κ3) is 2.80. The number of halogens is 1. The van der Waals surface area contributed by atoms with Gasteiger partial charge in [-0.05, 0) is 54.6 Å². The van der Waals surface area contributed by atoms with Gasteiger partial charge in [0.15, 0.2) is 5.16 Å². The highest BCUT2D eigenvalue weighted by Gasteiger charge is 2.14. The second kappa shape index (κ2) is 5.48. The number of nitrogens with zero attached hydrogens (tertiary/aromatic N) is 2. The van der Waals surface area contributed by atoms with Gasteiger partial charge in [-0.1, -0.05) is 11.8 Å². The lowest BCUT2D eigenvalue weighted by Gasteiger charge is -2.11. The van der Waals surface area contributed by atoms with Crippen LogP contribution < -0.4 is 0 Å². The fraction of sp³-hybridized carbons (Fsp3) is 0.333. The minimum absolute atomic E-state index is 0.0349. The molecule has 6 heteroatoms. The monoisotopic (exact) mass is 376 g/mol. The fourth-order valence-electron chi connectivity index (χ4n) is 1.78. The molecule has 0 fully saturated rings. The van der Waals surface area contributed by atoms with Gasteiger partial charge in [0, 0.05) is 9.61 Å². The van der Waals surface area contributed by atoms with Gasteiger partial charge >= 0.3 is 5.97 Å². The van der Waals surface area contributed by atoms with Crippen molar-refractivity contribution >= 4 is 51.4 Å². The molecule has 0 saturated heterocycles. The fourth-order valence-corrected chi connectivity index (χ4v) is 3.12. The molecular formula is C12H13IN2O2S. The van der Waals surface area contributed by atoms with Gasteiger partial charge in [0.05, 0.1) is 16.8 Å². The summed E-state index contributed by atoms with van der Waals surface area (Å²) in [5.41, 5.74) is 1.97. The summed E-state index contributed by atoms with van der Waals surface area (Å²) in [4.78, 5) is 15.2. The molecule has 1 N–H and O–H groups in total. The Bertz CT molecular complexity index is 595. The van der Waals surface area contributed by atoms with E-state index in [1.165, 1.54) is 11.8 Å². The summed E-state index contributed by atoms with van der Waals surface area (Å²) in [6.07, 6.45) is 0. The van der Waals surface area contributed by atoms with Crippen molar-refractivity contribution < 1.29 is 9.90 Å². The maximum absolute atomic E-state index is 10.7. The lowest BCUT2D eigenvalue weighted by Crippen LogP contribution is -2.05. The molecule has 1 heterocycles. The molecule has 18 heavy (non-hydrogen) atoms. The number of fused-ring (bicyclic) bond motifs is 1. The Morgan fingerprint density at radius 3 is 2.89 bits per heavy atom. The molecule has 0 bridgehead atoms. The van der Waals surface area contributed by atoms with Crippen LogP contribution in [0.4, 0.5) is 0 Å². The zero-order chi connectivity index (χ0) is 13.3. The summed E-state index contributed by atoms with van der Waals surface area (Å²) >= 11 is 3.51. The maximum Gasteiger partial charge on any atom is 0.313 e. The zero-order valence-corrected chi connectivity index (χ0v) is 13.0. The van der Waals surface area contributed by atoms with Crippen molar-refractivity contribution in [2.75, 3.05) is 5.75 Å². The van der Waals surface area contributed by atoms with Gasteiger partial charge in [0.1, 0.15) is 0 Å². The highest BCUT2D eigenvalue weighted by atomic mass is 127. The standard InChI is InChI=1S/C12H13IN2O2S/c1-7(2)15-10-4-3-8(13)5-9(10)14-12(15)18-6-11(16)17/h3-5,7H,6H2,1-2H3,(H,16,17). The lowest BCUT2D eigenvalue weighted by atomic mass is 10.3. The summed E-state index contributed by atoms with van der Waals surface area (Å²) in [7, 11) is 0. The summed E-state index contributed by atoms with van der Waals surface area (Å²) in [6.45, 7) is 4.15.